The van der Waals surface area contributed by atoms with E-state index in [1.807, 2.05) is 28.7 Å². The summed E-state index contributed by atoms with van der Waals surface area (Å²) in [4.78, 5) is 4.49. The van der Waals surface area contributed by atoms with Gasteiger partial charge < -0.3 is 0 Å². The number of nitrogens with one attached hydrogen (secondary N) is 2. The molecule has 2 aromatic carbocycles. The lowest BCUT2D eigenvalue weighted by molar-refractivity contribution is 0.536. The van der Waals surface area contributed by atoms with E-state index in [1.54, 1.807) is 18.5 Å². The summed E-state index contributed by atoms with van der Waals surface area (Å²) < 4.78 is 15.0. The van der Waals surface area contributed by atoms with Gasteiger partial charge in [0.1, 0.15) is 12.1 Å². The van der Waals surface area contributed by atoms with Crippen LogP contribution in [0.2, 0.25) is 0 Å². The van der Waals surface area contributed by atoms with Gasteiger partial charge >= 0.3 is 0 Å². The molecule has 0 aliphatic carbocycles. The molecule has 7 heteroatoms. The summed E-state index contributed by atoms with van der Waals surface area (Å²) in [6.07, 6.45) is 2.55. The third-order valence-electron chi connectivity index (χ3n) is 4.67. The van der Waals surface area contributed by atoms with Gasteiger partial charge in [-0.15, -0.1) is 10.2 Å². The minimum Gasteiger partial charge on any atom is -0.267 e. The Hall–Kier alpha value is -2.90. The topological polar surface area (TPSA) is 67.1 Å². The molecule has 2 atom stereocenters. The van der Waals surface area contributed by atoms with Gasteiger partial charge in [-0.3, -0.25) is 4.40 Å². The van der Waals surface area contributed by atoms with E-state index in [4.69, 9.17) is 0 Å². The number of fused-ring (bicyclic) bond motifs is 3. The third kappa shape index (κ3) is 2.36. The number of hydrazine groups is 1. The van der Waals surface area contributed by atoms with Gasteiger partial charge in [0, 0.05) is 11.4 Å². The predicted octanol–water partition coefficient (Wildman–Crippen LogP) is 2.70. The molecule has 0 radical (unpaired) electrons. The highest BCUT2D eigenvalue weighted by molar-refractivity contribution is 5.90. The first kappa shape index (κ1) is 14.4. The van der Waals surface area contributed by atoms with Crippen LogP contribution in [0.1, 0.15) is 29.9 Å². The van der Waals surface area contributed by atoms with E-state index in [-0.39, 0.29) is 17.9 Å². The number of rotatable bonds is 2. The second-order valence-electron chi connectivity index (χ2n) is 6.19. The molecule has 2 aromatic heterocycles. The van der Waals surface area contributed by atoms with Gasteiger partial charge in [-0.05, 0) is 36.2 Å². The molecule has 1 saturated heterocycles. The van der Waals surface area contributed by atoms with Gasteiger partial charge in [-0.1, -0.05) is 24.3 Å². The Morgan fingerprint density at radius 1 is 0.960 bits per heavy atom. The van der Waals surface area contributed by atoms with Crippen LogP contribution in [-0.2, 0) is 0 Å². The van der Waals surface area contributed by atoms with Gasteiger partial charge in [0.15, 0.2) is 11.5 Å². The minimum atomic E-state index is -0.229. The van der Waals surface area contributed by atoms with E-state index in [0.717, 1.165) is 34.4 Å². The second kappa shape index (κ2) is 5.58. The largest absolute Gasteiger partial charge is 0.267 e. The second-order valence-corrected chi connectivity index (χ2v) is 6.19. The molecule has 1 fully saturated rings. The van der Waals surface area contributed by atoms with E-state index < -0.39 is 0 Å². The Bertz CT molecular complexity index is 1060. The zero-order valence-electron chi connectivity index (χ0n) is 13.2. The standard InChI is InChI=1S/C18H15FN6/c19-12-7-5-11(6-8-12)15-9-16(22-21-15)18-24-23-17-13-3-1-2-4-14(13)20-10-25(17)18/h1-8,10,15-16,21-22H,9H2. The van der Waals surface area contributed by atoms with E-state index in [9.17, 15) is 4.39 Å². The van der Waals surface area contributed by atoms with Crippen molar-refractivity contribution in [1.82, 2.24) is 30.4 Å². The van der Waals surface area contributed by atoms with Crippen molar-refractivity contribution < 1.29 is 4.39 Å². The Morgan fingerprint density at radius 3 is 2.64 bits per heavy atom. The number of benzene rings is 2. The molecular formula is C18H15FN6. The van der Waals surface area contributed by atoms with Crippen LogP contribution in [0.4, 0.5) is 4.39 Å². The van der Waals surface area contributed by atoms with Crippen molar-refractivity contribution >= 4 is 16.6 Å². The van der Waals surface area contributed by atoms with E-state index in [1.165, 1.54) is 12.1 Å². The van der Waals surface area contributed by atoms with Crippen molar-refractivity contribution in [2.75, 3.05) is 0 Å². The maximum atomic E-state index is 13.1. The van der Waals surface area contributed by atoms with Gasteiger partial charge in [0.25, 0.3) is 0 Å². The fourth-order valence-electron chi connectivity index (χ4n) is 3.37. The van der Waals surface area contributed by atoms with Crippen LogP contribution in [-0.4, -0.2) is 19.6 Å². The van der Waals surface area contributed by atoms with Crippen molar-refractivity contribution in [2.45, 2.75) is 18.5 Å². The summed E-state index contributed by atoms with van der Waals surface area (Å²) in [6.45, 7) is 0. The molecule has 2 unspecified atom stereocenters. The Morgan fingerprint density at radius 2 is 1.76 bits per heavy atom. The third-order valence-corrected chi connectivity index (χ3v) is 4.67. The van der Waals surface area contributed by atoms with E-state index in [0.29, 0.717) is 0 Å². The quantitative estimate of drug-likeness (QED) is 0.590. The minimum absolute atomic E-state index is 0.00647. The fourth-order valence-corrected chi connectivity index (χ4v) is 3.37. The first-order valence-corrected chi connectivity index (χ1v) is 8.14. The normalized spacial score (nSPS) is 20.5. The zero-order valence-corrected chi connectivity index (χ0v) is 13.2. The predicted molar refractivity (Wildman–Crippen MR) is 91.1 cm³/mol. The van der Waals surface area contributed by atoms with Crippen LogP contribution in [0.5, 0.6) is 0 Å². The van der Waals surface area contributed by atoms with Crippen LogP contribution in [0.3, 0.4) is 0 Å². The van der Waals surface area contributed by atoms with Gasteiger partial charge in [0.2, 0.25) is 0 Å². The van der Waals surface area contributed by atoms with E-state index in [2.05, 4.69) is 26.0 Å². The van der Waals surface area contributed by atoms with Crippen LogP contribution in [0, 0.1) is 5.82 Å². The smallest absolute Gasteiger partial charge is 0.171 e. The van der Waals surface area contributed by atoms with Crippen molar-refractivity contribution in [1.29, 1.82) is 0 Å². The number of hydrogen-bond acceptors (Lipinski definition) is 5. The molecular weight excluding hydrogens is 319 g/mol. The first-order valence-electron chi connectivity index (χ1n) is 8.14. The van der Waals surface area contributed by atoms with Crippen LogP contribution in [0.25, 0.3) is 16.6 Å². The summed E-state index contributed by atoms with van der Waals surface area (Å²) in [5.74, 6) is 0.582. The van der Waals surface area contributed by atoms with Crippen LogP contribution >= 0.6 is 0 Å². The molecule has 0 spiro atoms. The molecule has 1 aliphatic rings. The number of halogens is 1. The number of para-hydroxylation sites is 1. The lowest BCUT2D eigenvalue weighted by atomic mass is 10.0. The number of hydrogen-bond donors (Lipinski definition) is 2. The van der Waals surface area contributed by atoms with Gasteiger partial charge in [-0.2, -0.15) is 0 Å². The van der Waals surface area contributed by atoms with Crippen LogP contribution < -0.4 is 10.9 Å². The molecule has 25 heavy (non-hydrogen) atoms. The summed E-state index contributed by atoms with van der Waals surface area (Å²) in [5.41, 5.74) is 9.26. The molecule has 5 rings (SSSR count). The number of aromatic nitrogens is 4. The maximum Gasteiger partial charge on any atom is 0.171 e. The summed E-state index contributed by atoms with van der Waals surface area (Å²) in [6, 6.07) is 14.5. The van der Waals surface area contributed by atoms with Crippen molar-refractivity contribution in [2.24, 2.45) is 0 Å². The van der Waals surface area contributed by atoms with Gasteiger partial charge in [0.05, 0.1) is 11.6 Å². The lowest BCUT2D eigenvalue weighted by Crippen LogP contribution is -2.27. The Labute approximate surface area is 142 Å². The zero-order chi connectivity index (χ0) is 16.8. The molecule has 4 aromatic rings. The molecule has 3 heterocycles. The molecule has 1 aliphatic heterocycles. The fraction of sp³-hybridized carbons (Fsp3) is 0.167. The highest BCUT2D eigenvalue weighted by Crippen LogP contribution is 2.30. The number of nitrogens with zero attached hydrogens (tertiary/aromatic N) is 4. The van der Waals surface area contributed by atoms with Gasteiger partial charge in [-0.25, -0.2) is 20.2 Å². The lowest BCUT2D eigenvalue weighted by Gasteiger charge is -2.09. The highest BCUT2D eigenvalue weighted by atomic mass is 19.1. The maximum absolute atomic E-state index is 13.1. The Kier molecular flexibility index (Phi) is 3.22. The molecule has 2 N–H and O–H groups in total. The molecule has 0 amide bonds. The molecule has 6 nitrogen and oxygen atoms in total. The summed E-state index contributed by atoms with van der Waals surface area (Å²) >= 11 is 0. The Balaban J connectivity index is 1.50. The van der Waals surface area contributed by atoms with Crippen molar-refractivity contribution in [3.05, 3.63) is 72.1 Å². The molecule has 124 valence electrons. The average molecular weight is 334 g/mol. The average Bonchev–Trinajstić information content (AvgIpc) is 3.29. The van der Waals surface area contributed by atoms with Crippen molar-refractivity contribution in [3.8, 4) is 0 Å². The summed E-state index contributed by atoms with van der Waals surface area (Å²) in [7, 11) is 0. The molecule has 0 bridgehead atoms. The van der Waals surface area contributed by atoms with E-state index >= 15 is 0 Å². The van der Waals surface area contributed by atoms with Crippen molar-refractivity contribution in [3.63, 3.8) is 0 Å². The SMILES string of the molecule is Fc1ccc(C2CC(c3nnc4c5ccccc5ncn34)NN2)cc1. The molecule has 0 saturated carbocycles. The monoisotopic (exact) mass is 334 g/mol. The first-order chi connectivity index (χ1) is 12.3. The van der Waals surface area contributed by atoms with Crippen LogP contribution in [0.15, 0.2) is 54.9 Å². The highest BCUT2D eigenvalue weighted by Gasteiger charge is 2.29. The summed E-state index contributed by atoms with van der Waals surface area (Å²) in [5, 5.41) is 9.71.